The Balaban J connectivity index is 2.61. The van der Waals surface area contributed by atoms with Crippen molar-refractivity contribution in [1.82, 2.24) is 9.29 Å². The normalized spacial score (nSPS) is 11.4. The highest BCUT2D eigenvalue weighted by molar-refractivity contribution is 7.88. The molecule has 0 saturated heterocycles. The van der Waals surface area contributed by atoms with E-state index in [-0.39, 0.29) is 24.0 Å². The number of thiazole rings is 1. The highest BCUT2D eigenvalue weighted by Gasteiger charge is 2.17. The minimum Gasteiger partial charge on any atom is -0.461 e. The molecule has 0 aliphatic carbocycles. The number of hydrogen-bond donors (Lipinski definition) is 1. The molecule has 1 aromatic heterocycles. The van der Waals surface area contributed by atoms with Gasteiger partial charge in [-0.05, 0) is 6.92 Å². The largest absolute Gasteiger partial charge is 0.461 e. The summed E-state index contributed by atoms with van der Waals surface area (Å²) in [6.45, 7) is 1.58. The first-order chi connectivity index (χ1) is 9.24. The molecule has 0 fully saturated rings. The summed E-state index contributed by atoms with van der Waals surface area (Å²) in [4.78, 5) is 26.9. The van der Waals surface area contributed by atoms with Crippen molar-refractivity contribution in [3.8, 4) is 0 Å². The quantitative estimate of drug-likeness (QED) is 0.748. The fourth-order valence-corrected chi connectivity index (χ4v) is 2.16. The number of sulfonamides is 1. The lowest BCUT2D eigenvalue weighted by Crippen LogP contribution is -2.34. The van der Waals surface area contributed by atoms with Gasteiger partial charge in [0.1, 0.15) is 0 Å². The molecule has 1 aromatic rings. The summed E-state index contributed by atoms with van der Waals surface area (Å²) in [6, 6.07) is 0. The van der Waals surface area contributed by atoms with E-state index in [4.69, 9.17) is 4.74 Å². The van der Waals surface area contributed by atoms with Gasteiger partial charge in [0.2, 0.25) is 15.9 Å². The first-order valence-corrected chi connectivity index (χ1v) is 8.30. The van der Waals surface area contributed by atoms with E-state index in [9.17, 15) is 18.0 Å². The van der Waals surface area contributed by atoms with Crippen molar-refractivity contribution in [2.45, 2.75) is 6.92 Å². The second-order valence-corrected chi connectivity index (χ2v) is 6.77. The van der Waals surface area contributed by atoms with E-state index in [0.29, 0.717) is 0 Å². The molecule has 10 heteroatoms. The highest BCUT2D eigenvalue weighted by atomic mass is 32.2. The Bertz CT molecular complexity index is 596. The van der Waals surface area contributed by atoms with Crippen LogP contribution in [0, 0.1) is 0 Å². The Morgan fingerprint density at radius 1 is 1.50 bits per heavy atom. The van der Waals surface area contributed by atoms with Crippen molar-refractivity contribution in [3.63, 3.8) is 0 Å². The molecule has 112 valence electrons. The SMILES string of the molecule is CCOC(=O)c1csc(NC(=O)CN(C)S(C)(=O)=O)n1. The van der Waals surface area contributed by atoms with Crippen LogP contribution in [0.4, 0.5) is 5.13 Å². The molecule has 1 N–H and O–H groups in total. The average molecular weight is 321 g/mol. The average Bonchev–Trinajstić information content (AvgIpc) is 2.76. The van der Waals surface area contributed by atoms with E-state index in [1.165, 1.54) is 12.4 Å². The van der Waals surface area contributed by atoms with Crippen molar-refractivity contribution < 1.29 is 22.7 Å². The van der Waals surface area contributed by atoms with E-state index < -0.39 is 21.9 Å². The lowest BCUT2D eigenvalue weighted by molar-refractivity contribution is -0.116. The lowest BCUT2D eigenvalue weighted by atomic mass is 10.5. The number of aromatic nitrogens is 1. The monoisotopic (exact) mass is 321 g/mol. The van der Waals surface area contributed by atoms with E-state index in [1.807, 2.05) is 0 Å². The van der Waals surface area contributed by atoms with Crippen LogP contribution in [-0.2, 0) is 19.6 Å². The predicted octanol–water partition coefficient (Wildman–Crippen LogP) is 0.150. The van der Waals surface area contributed by atoms with Gasteiger partial charge < -0.3 is 10.1 Å². The summed E-state index contributed by atoms with van der Waals surface area (Å²) in [6.07, 6.45) is 1.00. The van der Waals surface area contributed by atoms with Gasteiger partial charge in [-0.1, -0.05) is 0 Å². The molecular weight excluding hydrogens is 306 g/mol. The van der Waals surface area contributed by atoms with E-state index in [2.05, 4.69) is 10.3 Å². The number of carbonyl (C=O) groups excluding carboxylic acids is 2. The standard InChI is InChI=1S/C10H15N3O5S2/c1-4-18-9(15)7-6-19-10(11-7)12-8(14)5-13(2)20(3,16)17/h6H,4-5H2,1-3H3,(H,11,12,14). The maximum absolute atomic E-state index is 11.6. The summed E-state index contributed by atoms with van der Waals surface area (Å²) >= 11 is 1.05. The number of anilines is 1. The molecule has 8 nitrogen and oxygen atoms in total. The van der Waals surface area contributed by atoms with Crippen LogP contribution in [0.25, 0.3) is 0 Å². The molecule has 0 unspecified atom stereocenters. The number of amides is 1. The predicted molar refractivity (Wildman–Crippen MR) is 74.2 cm³/mol. The van der Waals surface area contributed by atoms with Gasteiger partial charge in [0.15, 0.2) is 10.8 Å². The van der Waals surface area contributed by atoms with Crippen molar-refractivity contribution in [3.05, 3.63) is 11.1 Å². The van der Waals surface area contributed by atoms with Crippen molar-refractivity contribution in [2.75, 3.05) is 31.8 Å². The fourth-order valence-electron chi connectivity index (χ4n) is 1.11. The number of nitrogens with one attached hydrogen (secondary N) is 1. The first kappa shape index (κ1) is 16.5. The number of nitrogens with zero attached hydrogens (tertiary/aromatic N) is 2. The van der Waals surface area contributed by atoms with E-state index in [1.54, 1.807) is 6.92 Å². The van der Waals surface area contributed by atoms with Crippen LogP contribution in [0.15, 0.2) is 5.38 Å². The molecule has 1 heterocycles. The molecule has 0 aliphatic heterocycles. The summed E-state index contributed by atoms with van der Waals surface area (Å²) < 4.78 is 28.0. The van der Waals surface area contributed by atoms with Gasteiger partial charge in [-0.25, -0.2) is 18.2 Å². The Hall–Kier alpha value is -1.52. The summed E-state index contributed by atoms with van der Waals surface area (Å²) in [5.74, 6) is -1.11. The third-order valence-corrected chi connectivity index (χ3v) is 4.19. The number of hydrogen-bond acceptors (Lipinski definition) is 7. The molecule has 1 amide bonds. The first-order valence-electron chi connectivity index (χ1n) is 5.58. The van der Waals surface area contributed by atoms with Gasteiger partial charge in [0.25, 0.3) is 0 Å². The van der Waals surface area contributed by atoms with E-state index in [0.717, 1.165) is 21.9 Å². The minimum absolute atomic E-state index is 0.101. The second kappa shape index (κ2) is 6.77. The van der Waals surface area contributed by atoms with Crippen molar-refractivity contribution >= 4 is 38.4 Å². The number of ether oxygens (including phenoxy) is 1. The molecule has 0 radical (unpaired) electrons. The van der Waals surface area contributed by atoms with Gasteiger partial charge in [-0.3, -0.25) is 4.79 Å². The van der Waals surface area contributed by atoms with Crippen LogP contribution in [0.5, 0.6) is 0 Å². The number of rotatable bonds is 6. The molecule has 0 bridgehead atoms. The van der Waals surface area contributed by atoms with Crippen LogP contribution < -0.4 is 5.32 Å². The maximum Gasteiger partial charge on any atom is 0.357 e. The summed E-state index contributed by atoms with van der Waals surface area (Å²) in [5, 5.41) is 4.08. The smallest absolute Gasteiger partial charge is 0.357 e. The zero-order valence-electron chi connectivity index (χ0n) is 11.2. The summed E-state index contributed by atoms with van der Waals surface area (Å²) in [7, 11) is -2.13. The highest BCUT2D eigenvalue weighted by Crippen LogP contribution is 2.16. The molecule has 20 heavy (non-hydrogen) atoms. The van der Waals surface area contributed by atoms with Crippen molar-refractivity contribution in [1.29, 1.82) is 0 Å². The van der Waals surface area contributed by atoms with Gasteiger partial charge >= 0.3 is 5.97 Å². The Morgan fingerprint density at radius 3 is 2.70 bits per heavy atom. The maximum atomic E-state index is 11.6. The Labute approximate surface area is 120 Å². The molecule has 0 atom stereocenters. The second-order valence-electron chi connectivity index (χ2n) is 3.83. The minimum atomic E-state index is -3.42. The van der Waals surface area contributed by atoms with Gasteiger partial charge in [-0.2, -0.15) is 4.31 Å². The lowest BCUT2D eigenvalue weighted by Gasteiger charge is -2.12. The van der Waals surface area contributed by atoms with Gasteiger partial charge in [-0.15, -0.1) is 11.3 Å². The zero-order chi connectivity index (χ0) is 15.3. The Morgan fingerprint density at radius 2 is 2.15 bits per heavy atom. The zero-order valence-corrected chi connectivity index (χ0v) is 12.9. The van der Waals surface area contributed by atoms with E-state index >= 15 is 0 Å². The molecule has 0 aromatic carbocycles. The van der Waals surface area contributed by atoms with Crippen LogP contribution in [-0.4, -0.2) is 56.0 Å². The molecular formula is C10H15N3O5S2. The Kier molecular flexibility index (Phi) is 5.60. The third kappa shape index (κ3) is 4.87. The third-order valence-electron chi connectivity index (χ3n) is 2.17. The van der Waals surface area contributed by atoms with Crippen LogP contribution in [0.2, 0.25) is 0 Å². The van der Waals surface area contributed by atoms with Crippen molar-refractivity contribution in [2.24, 2.45) is 0 Å². The molecule has 0 spiro atoms. The fraction of sp³-hybridized carbons (Fsp3) is 0.500. The van der Waals surface area contributed by atoms with Crippen LogP contribution in [0.3, 0.4) is 0 Å². The van der Waals surface area contributed by atoms with Gasteiger partial charge in [0, 0.05) is 12.4 Å². The van der Waals surface area contributed by atoms with Gasteiger partial charge in [0.05, 0.1) is 19.4 Å². The molecule has 0 saturated carbocycles. The topological polar surface area (TPSA) is 106 Å². The summed E-state index contributed by atoms with van der Waals surface area (Å²) in [5.41, 5.74) is 0.101. The molecule has 1 rings (SSSR count). The number of carbonyl (C=O) groups is 2. The molecule has 0 aliphatic rings. The number of likely N-dealkylation sites (N-methyl/N-ethyl adjacent to an activating group) is 1. The van der Waals surface area contributed by atoms with Crippen LogP contribution in [0.1, 0.15) is 17.4 Å². The number of esters is 1. The van der Waals surface area contributed by atoms with Crippen LogP contribution >= 0.6 is 11.3 Å².